The largest absolute Gasteiger partial charge is 0.489 e. The molecule has 7 nitrogen and oxygen atoms in total. The zero-order valence-electron chi connectivity index (χ0n) is 18.5. The second-order valence-electron chi connectivity index (χ2n) is 9.09. The van der Waals surface area contributed by atoms with Crippen molar-refractivity contribution in [1.82, 2.24) is 9.88 Å². The monoisotopic (exact) mass is 467 g/mol. The normalized spacial score (nSPS) is 30.4. The Morgan fingerprint density at radius 3 is 2.36 bits per heavy atom. The minimum absolute atomic E-state index is 0.0144. The van der Waals surface area contributed by atoms with Gasteiger partial charge in [0.05, 0.1) is 18.3 Å². The molecule has 0 aromatic carbocycles. The van der Waals surface area contributed by atoms with E-state index in [0.29, 0.717) is 24.2 Å². The lowest BCUT2D eigenvalue weighted by atomic mass is 9.93. The number of pyridine rings is 1. The third-order valence-corrected chi connectivity index (χ3v) is 6.84. The first-order chi connectivity index (χ1) is 15.7. The minimum Gasteiger partial charge on any atom is -0.489 e. The molecule has 1 aromatic rings. The number of alkyl halides is 3. The van der Waals surface area contributed by atoms with Gasteiger partial charge in [0.2, 0.25) is 0 Å². The van der Waals surface area contributed by atoms with Crippen molar-refractivity contribution in [3.8, 4) is 11.8 Å². The maximum Gasteiger partial charge on any atom is 0.425 e. The Morgan fingerprint density at radius 1 is 1.12 bits per heavy atom. The average molecular weight is 467 g/mol. The van der Waals surface area contributed by atoms with E-state index in [2.05, 4.69) is 15.8 Å². The number of carbonyl (C=O) groups excluding carboxylic acids is 1. The van der Waals surface area contributed by atoms with Crippen LogP contribution in [0.4, 0.5) is 18.0 Å². The van der Waals surface area contributed by atoms with Gasteiger partial charge in [0.25, 0.3) is 0 Å². The molecule has 0 N–H and O–H groups in total. The molecule has 2 bridgehead atoms. The maximum absolute atomic E-state index is 12.8. The van der Waals surface area contributed by atoms with Gasteiger partial charge >= 0.3 is 12.3 Å². The molecule has 0 spiro atoms. The number of amides is 1. The first kappa shape index (κ1) is 23.6. The van der Waals surface area contributed by atoms with Crippen molar-refractivity contribution < 1.29 is 32.2 Å². The molecule has 180 valence electrons. The predicted molar refractivity (Wildman–Crippen MR) is 110 cm³/mol. The number of nitrogens with zero attached hydrogens (tertiary/aromatic N) is 3. The van der Waals surface area contributed by atoms with Crippen LogP contribution >= 0.6 is 0 Å². The van der Waals surface area contributed by atoms with E-state index in [9.17, 15) is 23.2 Å². The molecule has 0 unspecified atom stereocenters. The molecule has 33 heavy (non-hydrogen) atoms. The van der Waals surface area contributed by atoms with E-state index in [-0.39, 0.29) is 30.4 Å². The smallest absolute Gasteiger partial charge is 0.425 e. The SMILES string of the molecule is C[C@@H](OC(=O)N1[C@@H]2CC[C@@H]1CC(OC1CCC(Oc3ccncc3C#N)CC1)C2)C(F)(F)F. The van der Waals surface area contributed by atoms with Crippen molar-refractivity contribution in [2.24, 2.45) is 0 Å². The average Bonchev–Trinajstić information content (AvgIpc) is 3.05. The van der Waals surface area contributed by atoms with Crippen molar-refractivity contribution in [2.75, 3.05) is 0 Å². The number of rotatable bonds is 5. The number of fused-ring (bicyclic) bond motifs is 2. The van der Waals surface area contributed by atoms with Crippen LogP contribution in [-0.2, 0) is 9.47 Å². The maximum atomic E-state index is 12.8. The van der Waals surface area contributed by atoms with Gasteiger partial charge in [-0.25, -0.2) is 4.79 Å². The van der Waals surface area contributed by atoms with E-state index in [0.717, 1.165) is 45.4 Å². The molecule has 4 rings (SSSR count). The Labute approximate surface area is 190 Å². The highest BCUT2D eigenvalue weighted by Gasteiger charge is 2.47. The van der Waals surface area contributed by atoms with Crippen molar-refractivity contribution in [2.45, 2.75) is 101 Å². The quantitative estimate of drug-likeness (QED) is 0.622. The summed E-state index contributed by atoms with van der Waals surface area (Å²) in [5.74, 6) is 0.549. The lowest BCUT2D eigenvalue weighted by Crippen LogP contribution is -2.50. The number of hydrogen-bond acceptors (Lipinski definition) is 6. The van der Waals surface area contributed by atoms with Crippen LogP contribution in [0.2, 0.25) is 0 Å². The molecule has 3 fully saturated rings. The number of ether oxygens (including phenoxy) is 3. The molecule has 3 aliphatic rings. The number of carbonyl (C=O) groups is 1. The highest BCUT2D eigenvalue weighted by atomic mass is 19.4. The fourth-order valence-corrected chi connectivity index (χ4v) is 5.12. The Balaban J connectivity index is 1.24. The van der Waals surface area contributed by atoms with Gasteiger partial charge in [0, 0.05) is 24.5 Å². The number of nitriles is 1. The van der Waals surface area contributed by atoms with E-state index in [1.807, 2.05) is 0 Å². The molecule has 2 aliphatic heterocycles. The summed E-state index contributed by atoms with van der Waals surface area (Å²) in [7, 11) is 0. The van der Waals surface area contributed by atoms with Crippen LogP contribution in [0, 0.1) is 11.3 Å². The van der Waals surface area contributed by atoms with Crippen LogP contribution in [-0.4, -0.2) is 58.7 Å². The van der Waals surface area contributed by atoms with Crippen LogP contribution < -0.4 is 4.74 Å². The Hall–Kier alpha value is -2.54. The van der Waals surface area contributed by atoms with E-state index in [4.69, 9.17) is 9.47 Å². The van der Waals surface area contributed by atoms with E-state index in [1.165, 1.54) is 11.1 Å². The van der Waals surface area contributed by atoms with Gasteiger partial charge in [0.1, 0.15) is 17.4 Å². The summed E-state index contributed by atoms with van der Waals surface area (Å²) in [6, 6.07) is 3.50. The molecule has 1 saturated carbocycles. The van der Waals surface area contributed by atoms with E-state index >= 15 is 0 Å². The second-order valence-corrected chi connectivity index (χ2v) is 9.09. The van der Waals surface area contributed by atoms with E-state index < -0.39 is 18.4 Å². The van der Waals surface area contributed by atoms with Crippen LogP contribution in [0.25, 0.3) is 0 Å². The molecular weight excluding hydrogens is 439 g/mol. The standard InChI is InChI=1S/C23H28F3N3O4/c1-14(23(24,25)26)31-22(30)29-16-2-3-17(29)11-20(10-16)32-18-4-6-19(7-5-18)33-21-8-9-28-13-15(21)12-27/h8-9,13-14,16-20H,2-7,10-11H2,1H3/t14-,16-,17-,18?,19?/m1/s1. The zero-order valence-corrected chi connectivity index (χ0v) is 18.5. The van der Waals surface area contributed by atoms with Gasteiger partial charge in [-0.1, -0.05) is 0 Å². The van der Waals surface area contributed by atoms with E-state index in [1.54, 1.807) is 12.3 Å². The summed E-state index contributed by atoms with van der Waals surface area (Å²) in [5, 5.41) is 9.18. The molecule has 0 radical (unpaired) electrons. The predicted octanol–water partition coefficient (Wildman–Crippen LogP) is 4.74. The van der Waals surface area contributed by atoms with Crippen LogP contribution in [0.5, 0.6) is 5.75 Å². The first-order valence-electron chi connectivity index (χ1n) is 11.5. The lowest BCUT2D eigenvalue weighted by molar-refractivity contribution is -0.201. The Bertz CT molecular complexity index is 868. The van der Waals surface area contributed by atoms with Gasteiger partial charge in [-0.3, -0.25) is 4.98 Å². The van der Waals surface area contributed by atoms with Crippen molar-refractivity contribution in [3.05, 3.63) is 24.0 Å². The number of hydrogen-bond donors (Lipinski definition) is 0. The van der Waals surface area contributed by atoms with Gasteiger partial charge < -0.3 is 19.1 Å². The second kappa shape index (κ2) is 9.75. The van der Waals surface area contributed by atoms with Gasteiger partial charge in [-0.05, 0) is 64.4 Å². The molecular formula is C23H28F3N3O4. The first-order valence-corrected chi connectivity index (χ1v) is 11.5. The topological polar surface area (TPSA) is 84.7 Å². The molecule has 3 atom stereocenters. The third kappa shape index (κ3) is 5.52. The molecule has 1 aliphatic carbocycles. The molecule has 10 heteroatoms. The minimum atomic E-state index is -4.56. The van der Waals surface area contributed by atoms with Gasteiger partial charge in [-0.2, -0.15) is 18.4 Å². The summed E-state index contributed by atoms with van der Waals surface area (Å²) in [6.45, 7) is 0.853. The fraction of sp³-hybridized carbons (Fsp3) is 0.696. The summed E-state index contributed by atoms with van der Waals surface area (Å²) >= 11 is 0. The van der Waals surface area contributed by atoms with Crippen LogP contribution in [0.15, 0.2) is 18.5 Å². The summed E-state index contributed by atoms with van der Waals surface area (Å²) in [6.07, 6.45) is 1.66. The number of halogens is 3. The number of aromatic nitrogens is 1. The highest BCUT2D eigenvalue weighted by molar-refractivity contribution is 5.69. The number of piperidine rings is 1. The fourth-order valence-electron chi connectivity index (χ4n) is 5.12. The van der Waals surface area contributed by atoms with Crippen LogP contribution in [0.1, 0.15) is 63.9 Å². The Morgan fingerprint density at radius 2 is 1.76 bits per heavy atom. The highest BCUT2D eigenvalue weighted by Crippen LogP contribution is 2.39. The summed E-state index contributed by atoms with van der Waals surface area (Å²) in [5.41, 5.74) is 0.418. The van der Waals surface area contributed by atoms with Crippen molar-refractivity contribution >= 4 is 6.09 Å². The molecule has 2 saturated heterocycles. The molecule has 1 aromatic heterocycles. The Kier molecular flexibility index (Phi) is 6.98. The van der Waals surface area contributed by atoms with Crippen LogP contribution in [0.3, 0.4) is 0 Å². The van der Waals surface area contributed by atoms with Gasteiger partial charge in [0.15, 0.2) is 6.10 Å². The molecule has 1 amide bonds. The van der Waals surface area contributed by atoms with Crippen molar-refractivity contribution in [1.29, 1.82) is 5.26 Å². The molecule has 3 heterocycles. The third-order valence-electron chi connectivity index (χ3n) is 6.84. The van der Waals surface area contributed by atoms with Crippen molar-refractivity contribution in [3.63, 3.8) is 0 Å². The zero-order chi connectivity index (χ0) is 23.6. The summed E-state index contributed by atoms with van der Waals surface area (Å²) in [4.78, 5) is 17.8. The van der Waals surface area contributed by atoms with Gasteiger partial charge in [-0.15, -0.1) is 0 Å². The lowest BCUT2D eigenvalue weighted by Gasteiger charge is -2.40. The summed E-state index contributed by atoms with van der Waals surface area (Å²) < 4.78 is 55.3.